The quantitative estimate of drug-likeness (QED) is 0.0875. The normalized spacial score (nSPS) is 18.3. The number of pyridine rings is 2. The molecule has 6 aromatic rings. The molecular formula is C62H71BN6NaO11. The number of aliphatic imine (C=N–C) groups is 2. The summed E-state index contributed by atoms with van der Waals surface area (Å²) in [5, 5.41) is 3.53. The van der Waals surface area contributed by atoms with Crippen LogP contribution >= 0.6 is 0 Å². The summed E-state index contributed by atoms with van der Waals surface area (Å²) in [5.74, 6) is 1.03. The zero-order valence-corrected chi connectivity index (χ0v) is 48.8. The molecule has 3 saturated heterocycles. The molecule has 2 aromatic heterocycles. The standard InChI is InChI=1S/C27H27N3O.C26H25N3O.C4H6O3.C3H6O3.C2H3BO.Na.2H2O/c1-30-17-19(13-24(18-30)20-5-3-2-4-6-20)14-26(31)22-7-8-23-16-29-27(25(23)15-22)21-9-11-28-12-10-21;30-25(13-18-12-23(16-28-15-18)19-4-2-1-3-5-19)21-6-7-22-17-29-26(24(22)14-21)20-8-10-27-11-9-20;1-3(5)7-4(2)6;1-4-2-6-3-5-1;1-2(3)4;;;/h2-12,15,19,24H,13-14,16-18H2,1H3;1-11,14,18,23,28H,12-13,15-17H2;1-2H3;1-3H2;1H3;;2*1H2/q;;;;-1;+1;;. The molecule has 0 amide bonds. The van der Waals surface area contributed by atoms with Gasteiger partial charge >= 0.3 is 41.5 Å². The van der Waals surface area contributed by atoms with Gasteiger partial charge in [-0.2, -0.15) is 0 Å². The molecule has 0 saturated carbocycles. The number of rotatable bonds is 10. The Morgan fingerprint density at radius 2 is 1.00 bits per heavy atom. The van der Waals surface area contributed by atoms with Crippen LogP contribution in [0.15, 0.2) is 156 Å². The molecule has 5 aliphatic rings. The van der Waals surface area contributed by atoms with Gasteiger partial charge in [0.15, 0.2) is 31.9 Å². The van der Waals surface area contributed by atoms with Crippen LogP contribution in [0, 0.1) is 11.8 Å². The third-order valence-electron chi connectivity index (χ3n) is 13.5. The van der Waals surface area contributed by atoms with Crippen LogP contribution in [0.5, 0.6) is 0 Å². The Kier molecular flexibility index (Phi) is 28.7. The Hall–Kier alpha value is -6.55. The van der Waals surface area contributed by atoms with Gasteiger partial charge in [0.25, 0.3) is 0 Å². The second-order valence-electron chi connectivity index (χ2n) is 19.8. The molecule has 7 heterocycles. The summed E-state index contributed by atoms with van der Waals surface area (Å²) in [6.45, 7) is 10.1. The topological polar surface area (TPSA) is 251 Å². The summed E-state index contributed by atoms with van der Waals surface area (Å²) in [6.07, 6.45) is 10.4. The fourth-order valence-electron chi connectivity index (χ4n) is 10.2. The Bertz CT molecular complexity index is 3000. The molecule has 4 atom stereocenters. The van der Waals surface area contributed by atoms with Crippen molar-refractivity contribution < 1.29 is 83.4 Å². The van der Waals surface area contributed by atoms with Crippen LogP contribution in [0.4, 0.5) is 0 Å². The van der Waals surface area contributed by atoms with Gasteiger partial charge in [-0.1, -0.05) is 91.9 Å². The third-order valence-corrected chi connectivity index (χ3v) is 13.5. The first-order valence-corrected chi connectivity index (χ1v) is 26.2. The molecule has 0 aliphatic carbocycles. The average Bonchev–Trinajstić information content (AvgIpc) is 4.15. The molecule has 5 N–H and O–H groups in total. The molecule has 81 heavy (non-hydrogen) atoms. The van der Waals surface area contributed by atoms with Crippen LogP contribution in [0.25, 0.3) is 0 Å². The molecule has 17 nitrogen and oxygen atoms in total. The number of aromatic nitrogens is 2. The number of fused-ring (bicyclic) bond motifs is 2. The van der Waals surface area contributed by atoms with Crippen LogP contribution in [0.2, 0.25) is 0 Å². The van der Waals surface area contributed by atoms with E-state index in [0.717, 1.165) is 83.8 Å². The zero-order valence-electron chi connectivity index (χ0n) is 46.8. The van der Waals surface area contributed by atoms with E-state index in [9.17, 15) is 24.0 Å². The number of carbonyl (C=O) groups excluding carboxylic acids is 5. The number of piperidine rings is 2. The molecule has 0 spiro atoms. The maximum atomic E-state index is 13.2. The van der Waals surface area contributed by atoms with Gasteiger partial charge in [0.1, 0.15) is 0 Å². The number of nitrogens with one attached hydrogen (secondary N) is 1. The molecular weight excluding hydrogens is 1040 g/mol. The fourth-order valence-corrected chi connectivity index (χ4v) is 10.2. The van der Waals surface area contributed by atoms with Gasteiger partial charge in [0.2, 0.25) is 0 Å². The van der Waals surface area contributed by atoms with Gasteiger partial charge in [0, 0.05) is 104 Å². The van der Waals surface area contributed by atoms with E-state index in [1.807, 2.05) is 48.5 Å². The summed E-state index contributed by atoms with van der Waals surface area (Å²) >= 11 is 0. The number of nitrogens with zero attached hydrogens (tertiary/aromatic N) is 5. The Balaban J connectivity index is 0.000000263. The second kappa shape index (κ2) is 34.7. The predicted octanol–water partition coefficient (Wildman–Crippen LogP) is 4.21. The van der Waals surface area contributed by atoms with Gasteiger partial charge in [-0.3, -0.25) is 39.1 Å². The number of hydrogen-bond acceptors (Lipinski definition) is 15. The molecule has 4 unspecified atom stereocenters. The summed E-state index contributed by atoms with van der Waals surface area (Å²) in [7, 11) is 6.64. The smallest absolute Gasteiger partial charge is 0.528 e. The van der Waals surface area contributed by atoms with Gasteiger partial charge in [-0.25, -0.2) is 0 Å². The molecule has 0 bridgehead atoms. The van der Waals surface area contributed by atoms with Crippen molar-refractivity contribution in [3.05, 3.63) is 202 Å². The number of esters is 2. The summed E-state index contributed by atoms with van der Waals surface area (Å²) in [6, 6.07) is 41.4. The number of benzene rings is 4. The first kappa shape index (κ1) is 67.0. The molecule has 419 valence electrons. The zero-order chi connectivity index (χ0) is 55.2. The average molecular weight is 1110 g/mol. The van der Waals surface area contributed by atoms with Crippen LogP contribution < -0.4 is 34.9 Å². The molecule has 11 rings (SSSR count). The largest absolute Gasteiger partial charge is 1.00 e. The van der Waals surface area contributed by atoms with E-state index in [1.165, 1.54) is 43.0 Å². The monoisotopic (exact) mass is 1110 g/mol. The fraction of sp³-hybridized carbons (Fsp3) is 0.339. The maximum Gasteiger partial charge on any atom is 1.00 e. The van der Waals surface area contributed by atoms with Crippen molar-refractivity contribution >= 4 is 48.5 Å². The van der Waals surface area contributed by atoms with Crippen molar-refractivity contribution in [1.82, 2.24) is 20.2 Å². The van der Waals surface area contributed by atoms with E-state index in [2.05, 4.69) is 127 Å². The number of ketones is 2. The minimum absolute atomic E-state index is 0. The Morgan fingerprint density at radius 3 is 1.42 bits per heavy atom. The molecule has 19 heteroatoms. The van der Waals surface area contributed by atoms with Crippen LogP contribution in [0.3, 0.4) is 0 Å². The SMILES string of the molecule is C1OCOCO1.CC(=O)OC(C)=O.CN1CC(CC(=O)c2ccc3c(c2)C(c2ccncc2)=NC3)CC(c2ccccc2)C1.O.O.O=C(CC1CNCC(c2ccccc2)C1)c1ccc2c(c1)C(c1ccncc1)=NC2.[B-]C(C)=O.[Na+]. The van der Waals surface area contributed by atoms with Gasteiger partial charge < -0.3 is 52.8 Å². The molecule has 5 aliphatic heterocycles. The van der Waals surface area contributed by atoms with Crippen molar-refractivity contribution in [1.29, 1.82) is 0 Å². The van der Waals surface area contributed by atoms with E-state index < -0.39 is 11.9 Å². The minimum Gasteiger partial charge on any atom is -0.528 e. The first-order valence-electron chi connectivity index (χ1n) is 26.2. The summed E-state index contributed by atoms with van der Waals surface area (Å²) < 4.78 is 17.8. The number of likely N-dealkylation sites (N-methyl/N-ethyl adjacent to an activating group) is 1. The summed E-state index contributed by atoms with van der Waals surface area (Å²) in [5.41, 5.74) is 12.6. The third kappa shape index (κ3) is 21.1. The van der Waals surface area contributed by atoms with Crippen molar-refractivity contribution in [3.8, 4) is 0 Å². The first-order chi connectivity index (χ1) is 37.8. The number of ether oxygens (including phenoxy) is 4. The van der Waals surface area contributed by atoms with Gasteiger partial charge in [-0.15, -0.1) is 5.68 Å². The van der Waals surface area contributed by atoms with E-state index in [0.29, 0.717) is 70.0 Å². The molecule has 3 radical (unpaired) electrons. The number of Topliss-reactive ketones (excluding diaryl/α,β-unsaturated/α-hetero) is 2. The number of likely N-dealkylation sites (tertiary alicyclic amines) is 1. The Labute approximate surface area is 497 Å². The number of hydrogen-bond donors (Lipinski definition) is 1. The van der Waals surface area contributed by atoms with E-state index in [1.54, 1.807) is 24.8 Å². The van der Waals surface area contributed by atoms with Crippen LogP contribution in [-0.4, -0.2) is 128 Å². The van der Waals surface area contributed by atoms with Crippen LogP contribution in [-0.2, 0) is 46.4 Å². The van der Waals surface area contributed by atoms with E-state index in [-0.39, 0.29) is 57.8 Å². The van der Waals surface area contributed by atoms with Gasteiger partial charge in [-0.05, 0) is 109 Å². The Morgan fingerprint density at radius 1 is 0.580 bits per heavy atom. The summed E-state index contributed by atoms with van der Waals surface area (Å²) in [4.78, 5) is 75.2. The minimum atomic E-state index is -0.562. The van der Waals surface area contributed by atoms with Crippen molar-refractivity contribution in [2.45, 2.75) is 71.4 Å². The van der Waals surface area contributed by atoms with Crippen molar-refractivity contribution in [2.24, 2.45) is 21.8 Å². The van der Waals surface area contributed by atoms with E-state index >= 15 is 0 Å². The van der Waals surface area contributed by atoms with Crippen LogP contribution in [0.1, 0.15) is 124 Å². The van der Waals surface area contributed by atoms with E-state index in [4.69, 9.17) is 9.98 Å². The number of carbonyl (C=O) groups is 5. The maximum absolute atomic E-state index is 13.2. The molecule has 3 fully saturated rings. The molecule has 4 aromatic carbocycles. The predicted molar refractivity (Wildman–Crippen MR) is 307 cm³/mol. The van der Waals surface area contributed by atoms with Gasteiger partial charge in [0.05, 0.1) is 24.5 Å². The van der Waals surface area contributed by atoms with Crippen molar-refractivity contribution in [2.75, 3.05) is 53.6 Å². The van der Waals surface area contributed by atoms with Crippen molar-refractivity contribution in [3.63, 3.8) is 0 Å². The second-order valence-corrected chi connectivity index (χ2v) is 19.8.